The van der Waals surface area contributed by atoms with E-state index in [0.717, 1.165) is 24.8 Å². The van der Waals surface area contributed by atoms with E-state index in [9.17, 15) is 4.79 Å². The van der Waals surface area contributed by atoms with E-state index in [0.29, 0.717) is 26.2 Å². The molecule has 0 fully saturated rings. The maximum atomic E-state index is 11.2. The Labute approximate surface area is 120 Å². The number of rotatable bonds is 7. The molecule has 2 N–H and O–H groups in total. The van der Waals surface area contributed by atoms with E-state index in [4.69, 9.17) is 15.2 Å². The standard InChI is InChI=1S/C16H23NO3/c1-2-20-16(18)6-4-3-5-15(17)12-7-8-13-10-19-11-14(13)9-12/h7-9,15H,2-6,10-11,17H2,1H3. The zero-order valence-electron chi connectivity index (χ0n) is 12.1. The molecule has 0 saturated heterocycles. The first kappa shape index (κ1) is 15.0. The Kier molecular flexibility index (Phi) is 5.56. The summed E-state index contributed by atoms with van der Waals surface area (Å²) in [6.45, 7) is 3.68. The van der Waals surface area contributed by atoms with Crippen LogP contribution in [0.1, 0.15) is 55.3 Å². The number of nitrogens with two attached hydrogens (primary N) is 1. The van der Waals surface area contributed by atoms with E-state index in [2.05, 4.69) is 18.2 Å². The summed E-state index contributed by atoms with van der Waals surface area (Å²) in [6.07, 6.45) is 3.14. The van der Waals surface area contributed by atoms with Crippen LogP contribution in [0.25, 0.3) is 0 Å². The molecule has 1 aromatic carbocycles. The SMILES string of the molecule is CCOC(=O)CCCCC(N)c1ccc2c(c1)COC2. The Balaban J connectivity index is 1.75. The molecule has 0 aromatic heterocycles. The van der Waals surface area contributed by atoms with Crippen LogP contribution in [0.2, 0.25) is 0 Å². The minimum absolute atomic E-state index is 0.0306. The lowest BCUT2D eigenvalue weighted by Gasteiger charge is -2.13. The van der Waals surface area contributed by atoms with Gasteiger partial charge in [-0.15, -0.1) is 0 Å². The lowest BCUT2D eigenvalue weighted by Crippen LogP contribution is -2.11. The van der Waals surface area contributed by atoms with Crippen molar-refractivity contribution in [1.82, 2.24) is 0 Å². The highest BCUT2D eigenvalue weighted by atomic mass is 16.5. The van der Waals surface area contributed by atoms with Crippen molar-refractivity contribution in [3.8, 4) is 0 Å². The molecule has 1 heterocycles. The van der Waals surface area contributed by atoms with Gasteiger partial charge >= 0.3 is 5.97 Å². The van der Waals surface area contributed by atoms with Crippen LogP contribution in [0.3, 0.4) is 0 Å². The lowest BCUT2D eigenvalue weighted by atomic mass is 9.98. The summed E-state index contributed by atoms with van der Waals surface area (Å²) in [5.74, 6) is -0.115. The number of carbonyl (C=O) groups excluding carboxylic acids is 1. The maximum absolute atomic E-state index is 11.2. The molecule has 20 heavy (non-hydrogen) atoms. The number of ether oxygens (including phenoxy) is 2. The van der Waals surface area contributed by atoms with Gasteiger partial charge in [-0.05, 0) is 36.5 Å². The largest absolute Gasteiger partial charge is 0.466 e. The van der Waals surface area contributed by atoms with Gasteiger partial charge in [-0.25, -0.2) is 0 Å². The Morgan fingerprint density at radius 3 is 2.95 bits per heavy atom. The van der Waals surface area contributed by atoms with E-state index in [1.165, 1.54) is 11.1 Å². The topological polar surface area (TPSA) is 61.5 Å². The monoisotopic (exact) mass is 277 g/mol. The number of esters is 1. The minimum Gasteiger partial charge on any atom is -0.466 e. The Morgan fingerprint density at radius 1 is 1.35 bits per heavy atom. The van der Waals surface area contributed by atoms with Gasteiger partial charge in [0.2, 0.25) is 0 Å². The molecule has 1 unspecified atom stereocenters. The third kappa shape index (κ3) is 4.05. The number of carbonyl (C=O) groups is 1. The maximum Gasteiger partial charge on any atom is 0.305 e. The molecule has 1 aliphatic heterocycles. The molecule has 0 amide bonds. The highest BCUT2D eigenvalue weighted by Crippen LogP contribution is 2.25. The van der Waals surface area contributed by atoms with E-state index < -0.39 is 0 Å². The van der Waals surface area contributed by atoms with E-state index in [1.807, 2.05) is 6.92 Å². The molecule has 0 radical (unpaired) electrons. The smallest absolute Gasteiger partial charge is 0.305 e. The number of fused-ring (bicyclic) bond motifs is 1. The van der Waals surface area contributed by atoms with Crippen molar-refractivity contribution in [2.45, 2.75) is 51.9 Å². The van der Waals surface area contributed by atoms with Gasteiger partial charge in [0.05, 0.1) is 19.8 Å². The van der Waals surface area contributed by atoms with E-state index >= 15 is 0 Å². The minimum atomic E-state index is -0.115. The third-order valence-corrected chi connectivity index (χ3v) is 3.62. The molecule has 4 nitrogen and oxygen atoms in total. The van der Waals surface area contributed by atoms with Crippen molar-refractivity contribution in [1.29, 1.82) is 0 Å². The summed E-state index contributed by atoms with van der Waals surface area (Å²) in [5, 5.41) is 0. The fraction of sp³-hybridized carbons (Fsp3) is 0.562. The summed E-state index contributed by atoms with van der Waals surface area (Å²) in [7, 11) is 0. The van der Waals surface area contributed by atoms with Crippen LogP contribution >= 0.6 is 0 Å². The highest BCUT2D eigenvalue weighted by molar-refractivity contribution is 5.69. The van der Waals surface area contributed by atoms with Crippen LogP contribution < -0.4 is 5.73 Å². The Morgan fingerprint density at radius 2 is 2.15 bits per heavy atom. The van der Waals surface area contributed by atoms with Crippen LogP contribution in [-0.4, -0.2) is 12.6 Å². The summed E-state index contributed by atoms with van der Waals surface area (Å²) < 4.78 is 10.3. The second-order valence-corrected chi connectivity index (χ2v) is 5.18. The first-order valence-electron chi connectivity index (χ1n) is 7.31. The van der Waals surface area contributed by atoms with Crippen molar-refractivity contribution < 1.29 is 14.3 Å². The Bertz CT molecular complexity index is 459. The van der Waals surface area contributed by atoms with Crippen LogP contribution in [-0.2, 0) is 27.5 Å². The normalized spacial score (nSPS) is 14.9. The molecule has 1 aliphatic rings. The number of benzene rings is 1. The predicted octanol–water partition coefficient (Wildman–Crippen LogP) is 2.84. The fourth-order valence-electron chi connectivity index (χ4n) is 2.46. The summed E-state index contributed by atoms with van der Waals surface area (Å²) in [6, 6.07) is 6.38. The van der Waals surface area contributed by atoms with Crippen molar-refractivity contribution in [2.75, 3.05) is 6.61 Å². The molecule has 4 heteroatoms. The number of hydrogen-bond donors (Lipinski definition) is 1. The summed E-state index contributed by atoms with van der Waals surface area (Å²) in [4.78, 5) is 11.2. The van der Waals surface area contributed by atoms with Crippen molar-refractivity contribution in [2.24, 2.45) is 5.73 Å². The molecule has 1 atom stereocenters. The molecular formula is C16H23NO3. The highest BCUT2D eigenvalue weighted by Gasteiger charge is 2.14. The average Bonchev–Trinajstić information content (AvgIpc) is 2.91. The number of hydrogen-bond acceptors (Lipinski definition) is 4. The Hall–Kier alpha value is -1.39. The second kappa shape index (κ2) is 7.41. The molecule has 0 spiro atoms. The second-order valence-electron chi connectivity index (χ2n) is 5.18. The van der Waals surface area contributed by atoms with Gasteiger partial charge in [-0.2, -0.15) is 0 Å². The van der Waals surface area contributed by atoms with Gasteiger partial charge < -0.3 is 15.2 Å². The number of unbranched alkanes of at least 4 members (excludes halogenated alkanes) is 1. The van der Waals surface area contributed by atoms with Crippen LogP contribution in [0.5, 0.6) is 0 Å². The van der Waals surface area contributed by atoms with Crippen LogP contribution in [0.4, 0.5) is 0 Å². The van der Waals surface area contributed by atoms with Crippen molar-refractivity contribution in [3.05, 3.63) is 34.9 Å². The van der Waals surface area contributed by atoms with Gasteiger partial charge in [0.15, 0.2) is 0 Å². The predicted molar refractivity (Wildman–Crippen MR) is 77.0 cm³/mol. The molecule has 0 saturated carbocycles. The fourth-order valence-corrected chi connectivity index (χ4v) is 2.46. The van der Waals surface area contributed by atoms with Gasteiger partial charge in [0.1, 0.15) is 0 Å². The van der Waals surface area contributed by atoms with Crippen LogP contribution in [0, 0.1) is 0 Å². The zero-order valence-corrected chi connectivity index (χ0v) is 12.1. The van der Waals surface area contributed by atoms with Gasteiger partial charge in [0.25, 0.3) is 0 Å². The average molecular weight is 277 g/mol. The van der Waals surface area contributed by atoms with Crippen LogP contribution in [0.15, 0.2) is 18.2 Å². The molecule has 1 aromatic rings. The zero-order chi connectivity index (χ0) is 14.4. The van der Waals surface area contributed by atoms with Crippen molar-refractivity contribution >= 4 is 5.97 Å². The summed E-state index contributed by atoms with van der Waals surface area (Å²) in [5.41, 5.74) is 9.89. The molecular weight excluding hydrogens is 254 g/mol. The quantitative estimate of drug-likeness (QED) is 0.615. The molecule has 2 rings (SSSR count). The summed E-state index contributed by atoms with van der Waals surface area (Å²) >= 11 is 0. The van der Waals surface area contributed by atoms with E-state index in [-0.39, 0.29) is 12.0 Å². The first-order valence-corrected chi connectivity index (χ1v) is 7.31. The van der Waals surface area contributed by atoms with Gasteiger partial charge in [-0.3, -0.25) is 4.79 Å². The molecule has 110 valence electrons. The molecule has 0 aliphatic carbocycles. The van der Waals surface area contributed by atoms with Gasteiger partial charge in [-0.1, -0.05) is 24.6 Å². The lowest BCUT2D eigenvalue weighted by molar-refractivity contribution is -0.143. The van der Waals surface area contributed by atoms with E-state index in [1.54, 1.807) is 0 Å². The molecule has 0 bridgehead atoms. The first-order chi connectivity index (χ1) is 9.70. The van der Waals surface area contributed by atoms with Gasteiger partial charge in [0, 0.05) is 12.5 Å². The van der Waals surface area contributed by atoms with Crippen molar-refractivity contribution in [3.63, 3.8) is 0 Å². The third-order valence-electron chi connectivity index (χ3n) is 3.62.